The van der Waals surface area contributed by atoms with Crippen molar-refractivity contribution in [1.29, 1.82) is 0 Å². The minimum Gasteiger partial charge on any atom is -0.382 e. The third-order valence-electron chi connectivity index (χ3n) is 3.17. The van der Waals surface area contributed by atoms with Crippen LogP contribution in [-0.4, -0.2) is 54.3 Å². The van der Waals surface area contributed by atoms with Crippen molar-refractivity contribution in [2.24, 2.45) is 0 Å². The van der Waals surface area contributed by atoms with Crippen LogP contribution < -0.4 is 5.32 Å². The van der Waals surface area contributed by atoms with E-state index in [1.54, 1.807) is 0 Å². The number of ether oxygens (including phenoxy) is 1. The molecule has 0 saturated heterocycles. The van der Waals surface area contributed by atoms with Crippen molar-refractivity contribution >= 4 is 5.95 Å². The second-order valence-corrected chi connectivity index (χ2v) is 5.59. The molecule has 0 aromatic carbocycles. The predicted molar refractivity (Wildman–Crippen MR) is 84.3 cm³/mol. The molecule has 0 saturated carbocycles. The van der Waals surface area contributed by atoms with E-state index >= 15 is 0 Å². The Labute approximate surface area is 123 Å². The monoisotopic (exact) mass is 282 g/mol. The van der Waals surface area contributed by atoms with E-state index in [-0.39, 0.29) is 0 Å². The minimum absolute atomic E-state index is 0.421. The van der Waals surface area contributed by atoms with Crippen LogP contribution in [0.1, 0.15) is 32.4 Å². The lowest BCUT2D eigenvalue weighted by Crippen LogP contribution is -2.24. The second kappa shape index (κ2) is 8.97. The van der Waals surface area contributed by atoms with Gasteiger partial charge in [-0.3, -0.25) is 0 Å². The van der Waals surface area contributed by atoms with E-state index in [1.165, 1.54) is 0 Å². The summed E-state index contributed by atoms with van der Waals surface area (Å²) in [5, 5.41) is 3.51. The molecule has 1 rings (SSSR count). The lowest BCUT2D eigenvalue weighted by atomic mass is 10.2. The topological polar surface area (TPSA) is 42.3 Å². The van der Waals surface area contributed by atoms with Crippen molar-refractivity contribution in [1.82, 2.24) is 14.5 Å². The molecule has 1 atom stereocenters. The van der Waals surface area contributed by atoms with Gasteiger partial charge in [0.2, 0.25) is 5.95 Å². The van der Waals surface area contributed by atoms with Gasteiger partial charge >= 0.3 is 0 Å². The zero-order valence-corrected chi connectivity index (χ0v) is 13.6. The number of hydrogen-bond donors (Lipinski definition) is 1. The molecule has 1 heterocycles. The van der Waals surface area contributed by atoms with E-state index in [0.29, 0.717) is 6.04 Å². The van der Waals surface area contributed by atoms with Gasteiger partial charge in [0.05, 0.1) is 5.69 Å². The Morgan fingerprint density at radius 2 is 2.20 bits per heavy atom. The molecule has 0 bridgehead atoms. The van der Waals surface area contributed by atoms with E-state index in [1.807, 2.05) is 13.8 Å². The number of imidazole rings is 1. The fraction of sp³-hybridized carbons (Fsp3) is 0.800. The lowest BCUT2D eigenvalue weighted by molar-refractivity contribution is 0.142. The highest BCUT2D eigenvalue weighted by Gasteiger charge is 2.09. The van der Waals surface area contributed by atoms with Crippen molar-refractivity contribution in [2.45, 2.75) is 46.2 Å². The van der Waals surface area contributed by atoms with Crippen LogP contribution in [0.2, 0.25) is 0 Å². The average Bonchev–Trinajstić information content (AvgIpc) is 2.72. The Balaban J connectivity index is 2.47. The van der Waals surface area contributed by atoms with Crippen LogP contribution in [0.15, 0.2) is 6.20 Å². The number of hydrogen-bond acceptors (Lipinski definition) is 4. The largest absolute Gasteiger partial charge is 0.382 e. The SMILES string of the molecule is CCOCCCn1cc(C)nc1NC(C)CCN(C)C. The van der Waals surface area contributed by atoms with Crippen LogP contribution in [0, 0.1) is 6.92 Å². The van der Waals surface area contributed by atoms with Crippen LogP contribution in [0.25, 0.3) is 0 Å². The fourth-order valence-corrected chi connectivity index (χ4v) is 2.06. The predicted octanol–water partition coefficient (Wildman–Crippen LogP) is 2.37. The summed E-state index contributed by atoms with van der Waals surface area (Å²) < 4.78 is 7.58. The summed E-state index contributed by atoms with van der Waals surface area (Å²) in [4.78, 5) is 6.78. The number of aromatic nitrogens is 2. The van der Waals surface area contributed by atoms with Gasteiger partial charge < -0.3 is 19.5 Å². The number of rotatable bonds is 10. The molecule has 0 spiro atoms. The standard InChI is InChI=1S/C15H30N4O/c1-6-20-11-7-9-19-12-14(3)17-15(19)16-13(2)8-10-18(4)5/h12-13H,6-11H2,1-5H3,(H,16,17). The molecule has 5 heteroatoms. The van der Waals surface area contributed by atoms with Crippen molar-refractivity contribution in [3.05, 3.63) is 11.9 Å². The molecule has 20 heavy (non-hydrogen) atoms. The normalized spacial score (nSPS) is 12.9. The second-order valence-electron chi connectivity index (χ2n) is 5.59. The maximum atomic E-state index is 5.39. The number of nitrogens with zero attached hydrogens (tertiary/aromatic N) is 3. The zero-order chi connectivity index (χ0) is 15.0. The quantitative estimate of drug-likeness (QED) is 0.669. The molecule has 0 aliphatic rings. The molecule has 1 unspecified atom stereocenters. The first-order chi connectivity index (χ1) is 9.52. The van der Waals surface area contributed by atoms with Gasteiger partial charge in [-0.15, -0.1) is 0 Å². The first-order valence-corrected chi connectivity index (χ1v) is 7.55. The van der Waals surface area contributed by atoms with Gasteiger partial charge in [0.15, 0.2) is 0 Å². The van der Waals surface area contributed by atoms with Crippen LogP contribution in [0.3, 0.4) is 0 Å². The molecule has 116 valence electrons. The first-order valence-electron chi connectivity index (χ1n) is 7.55. The minimum atomic E-state index is 0.421. The molecule has 0 fully saturated rings. The maximum Gasteiger partial charge on any atom is 0.203 e. The Bertz CT molecular complexity index is 376. The first kappa shape index (κ1) is 17.0. The average molecular weight is 282 g/mol. The van der Waals surface area contributed by atoms with Gasteiger partial charge in [-0.25, -0.2) is 4.98 Å². The molecule has 0 amide bonds. The third kappa shape index (κ3) is 6.39. The van der Waals surface area contributed by atoms with E-state index in [0.717, 1.165) is 50.8 Å². The van der Waals surface area contributed by atoms with Gasteiger partial charge in [-0.1, -0.05) is 0 Å². The van der Waals surface area contributed by atoms with Gasteiger partial charge in [-0.2, -0.15) is 0 Å². The summed E-state index contributed by atoms with van der Waals surface area (Å²) in [5.41, 5.74) is 1.06. The number of nitrogens with one attached hydrogen (secondary N) is 1. The molecule has 0 aliphatic carbocycles. The molecular weight excluding hydrogens is 252 g/mol. The molecule has 1 N–H and O–H groups in total. The van der Waals surface area contributed by atoms with E-state index in [4.69, 9.17) is 4.74 Å². The van der Waals surface area contributed by atoms with Crippen LogP contribution in [-0.2, 0) is 11.3 Å². The van der Waals surface area contributed by atoms with Crippen molar-refractivity contribution in [3.63, 3.8) is 0 Å². The van der Waals surface area contributed by atoms with Crippen molar-refractivity contribution < 1.29 is 4.74 Å². The Morgan fingerprint density at radius 1 is 1.45 bits per heavy atom. The van der Waals surface area contributed by atoms with Crippen molar-refractivity contribution in [2.75, 3.05) is 39.2 Å². The van der Waals surface area contributed by atoms with E-state index < -0.39 is 0 Å². The van der Waals surface area contributed by atoms with E-state index in [9.17, 15) is 0 Å². The van der Waals surface area contributed by atoms with Crippen molar-refractivity contribution in [3.8, 4) is 0 Å². The Morgan fingerprint density at radius 3 is 2.85 bits per heavy atom. The highest BCUT2D eigenvalue weighted by atomic mass is 16.5. The highest BCUT2D eigenvalue weighted by molar-refractivity contribution is 5.29. The van der Waals surface area contributed by atoms with Crippen LogP contribution in [0.5, 0.6) is 0 Å². The van der Waals surface area contributed by atoms with Gasteiger partial charge in [0.1, 0.15) is 0 Å². The lowest BCUT2D eigenvalue weighted by Gasteiger charge is -2.18. The van der Waals surface area contributed by atoms with Crippen LogP contribution >= 0.6 is 0 Å². The van der Waals surface area contributed by atoms with Gasteiger partial charge in [0.25, 0.3) is 0 Å². The van der Waals surface area contributed by atoms with Gasteiger partial charge in [-0.05, 0) is 54.3 Å². The summed E-state index contributed by atoms with van der Waals surface area (Å²) >= 11 is 0. The van der Waals surface area contributed by atoms with Crippen LogP contribution in [0.4, 0.5) is 5.95 Å². The number of aryl methyl sites for hydroxylation is 2. The Kier molecular flexibility index (Phi) is 7.62. The molecule has 5 nitrogen and oxygen atoms in total. The molecule has 1 aromatic rings. The molecule has 1 aromatic heterocycles. The number of anilines is 1. The summed E-state index contributed by atoms with van der Waals surface area (Å²) in [6, 6.07) is 0.421. The maximum absolute atomic E-state index is 5.39. The third-order valence-corrected chi connectivity index (χ3v) is 3.17. The summed E-state index contributed by atoms with van der Waals surface area (Å²) in [7, 11) is 4.21. The smallest absolute Gasteiger partial charge is 0.203 e. The fourth-order valence-electron chi connectivity index (χ4n) is 2.06. The summed E-state index contributed by atoms with van der Waals surface area (Å²) in [5.74, 6) is 0.977. The zero-order valence-electron chi connectivity index (χ0n) is 13.6. The molecule has 0 radical (unpaired) electrons. The molecule has 0 aliphatic heterocycles. The summed E-state index contributed by atoms with van der Waals surface area (Å²) in [6.45, 7) is 9.90. The van der Waals surface area contributed by atoms with Gasteiger partial charge in [0, 0.05) is 32.0 Å². The molecular formula is C15H30N4O. The summed E-state index contributed by atoms with van der Waals surface area (Å²) in [6.07, 6.45) is 4.23. The highest BCUT2D eigenvalue weighted by Crippen LogP contribution is 2.12. The Hall–Kier alpha value is -1.07. The van der Waals surface area contributed by atoms with E-state index in [2.05, 4.69) is 47.0 Å².